The first-order valence-corrected chi connectivity index (χ1v) is 3.98. The van der Waals surface area contributed by atoms with Crippen molar-refractivity contribution >= 4 is 11.5 Å². The second-order valence-corrected chi connectivity index (χ2v) is 3.29. The van der Waals surface area contributed by atoms with Crippen LogP contribution in [-0.2, 0) is 7.05 Å². The highest BCUT2D eigenvalue weighted by Crippen LogP contribution is 2.13. The number of nitrogens with zero attached hydrogens (tertiary/aromatic N) is 1. The molecule has 12 heavy (non-hydrogen) atoms. The zero-order valence-corrected chi connectivity index (χ0v) is 7.66. The largest absolute Gasteiger partial charge is 0.397 e. The second kappa shape index (κ2) is 3.01. The summed E-state index contributed by atoms with van der Waals surface area (Å²) in [5.41, 5.74) is 6.87. The Hall–Kier alpha value is -1.25. The molecule has 1 rings (SSSR count). The van der Waals surface area contributed by atoms with Crippen LogP contribution >= 0.6 is 0 Å². The highest BCUT2D eigenvalue weighted by molar-refractivity contribution is 5.96. The van der Waals surface area contributed by atoms with E-state index < -0.39 is 0 Å². The van der Waals surface area contributed by atoms with Gasteiger partial charge in [0.2, 0.25) is 0 Å². The van der Waals surface area contributed by atoms with E-state index in [1.165, 1.54) is 0 Å². The summed E-state index contributed by atoms with van der Waals surface area (Å²) in [6.07, 6.45) is 1.75. The van der Waals surface area contributed by atoms with Crippen LogP contribution in [0.15, 0.2) is 12.3 Å². The molecule has 0 aliphatic rings. The maximum atomic E-state index is 11.5. The van der Waals surface area contributed by atoms with Gasteiger partial charge in [0.05, 0.1) is 11.4 Å². The molecule has 0 unspecified atom stereocenters. The number of aromatic nitrogens is 1. The Balaban J connectivity index is 3.02. The van der Waals surface area contributed by atoms with E-state index in [1.54, 1.807) is 16.8 Å². The number of carbonyl (C=O) groups is 1. The number of rotatable bonds is 2. The van der Waals surface area contributed by atoms with E-state index in [9.17, 15) is 4.79 Å². The van der Waals surface area contributed by atoms with Crippen molar-refractivity contribution in [3.63, 3.8) is 0 Å². The quantitative estimate of drug-likeness (QED) is 0.676. The van der Waals surface area contributed by atoms with E-state index in [0.717, 1.165) is 0 Å². The van der Waals surface area contributed by atoms with Crippen LogP contribution in [0.2, 0.25) is 0 Å². The lowest BCUT2D eigenvalue weighted by Gasteiger charge is -2.03. The van der Waals surface area contributed by atoms with Crippen LogP contribution < -0.4 is 5.73 Å². The molecule has 0 fully saturated rings. The summed E-state index contributed by atoms with van der Waals surface area (Å²) in [4.78, 5) is 11.5. The van der Waals surface area contributed by atoms with E-state index in [0.29, 0.717) is 11.4 Å². The van der Waals surface area contributed by atoms with Crippen LogP contribution in [0.1, 0.15) is 24.3 Å². The molecule has 0 atom stereocenters. The number of aryl methyl sites for hydroxylation is 1. The Morgan fingerprint density at radius 2 is 2.17 bits per heavy atom. The molecule has 1 aromatic rings. The first-order chi connectivity index (χ1) is 5.52. The number of ketones is 1. The first-order valence-electron chi connectivity index (χ1n) is 3.98. The Morgan fingerprint density at radius 1 is 1.58 bits per heavy atom. The van der Waals surface area contributed by atoms with Crippen molar-refractivity contribution in [2.45, 2.75) is 13.8 Å². The van der Waals surface area contributed by atoms with Crippen molar-refractivity contribution in [2.75, 3.05) is 5.73 Å². The van der Waals surface area contributed by atoms with Gasteiger partial charge in [0.25, 0.3) is 0 Å². The molecule has 1 heterocycles. The molecule has 0 spiro atoms. The Bertz CT molecular complexity index is 299. The number of Topliss-reactive ketones (excluding diaryl/α,β-unsaturated/α-hetero) is 1. The molecule has 1 aromatic heterocycles. The van der Waals surface area contributed by atoms with Gasteiger partial charge in [-0.2, -0.15) is 0 Å². The maximum Gasteiger partial charge on any atom is 0.181 e. The van der Waals surface area contributed by atoms with Crippen LogP contribution in [0.4, 0.5) is 5.69 Å². The van der Waals surface area contributed by atoms with Crippen molar-refractivity contribution in [2.24, 2.45) is 13.0 Å². The molecule has 0 aliphatic carbocycles. The average molecular weight is 166 g/mol. The van der Waals surface area contributed by atoms with Gasteiger partial charge in [0.1, 0.15) is 0 Å². The summed E-state index contributed by atoms with van der Waals surface area (Å²) in [5, 5.41) is 0. The van der Waals surface area contributed by atoms with Crippen molar-refractivity contribution in [1.29, 1.82) is 0 Å². The number of nitrogens with two attached hydrogens (primary N) is 1. The predicted molar refractivity (Wildman–Crippen MR) is 49.0 cm³/mol. The summed E-state index contributed by atoms with van der Waals surface area (Å²) in [7, 11) is 1.83. The van der Waals surface area contributed by atoms with E-state index in [2.05, 4.69) is 0 Å². The van der Waals surface area contributed by atoms with Crippen molar-refractivity contribution in [3.05, 3.63) is 18.0 Å². The minimum atomic E-state index is 0.0259. The summed E-state index contributed by atoms with van der Waals surface area (Å²) in [6, 6.07) is 1.71. The van der Waals surface area contributed by atoms with E-state index in [4.69, 9.17) is 5.73 Å². The smallest absolute Gasteiger partial charge is 0.181 e. The average Bonchev–Trinajstić information content (AvgIpc) is 2.28. The number of hydrogen-bond donors (Lipinski definition) is 1. The van der Waals surface area contributed by atoms with Gasteiger partial charge < -0.3 is 10.3 Å². The van der Waals surface area contributed by atoms with Crippen LogP contribution in [0.5, 0.6) is 0 Å². The Labute approximate surface area is 72.2 Å². The molecule has 0 amide bonds. The SMILES string of the molecule is CC(C)C(=O)c1cc(N)cn1C. The first kappa shape index (κ1) is 8.84. The number of nitrogen functional groups attached to an aromatic ring is 1. The van der Waals surface area contributed by atoms with Crippen molar-refractivity contribution < 1.29 is 4.79 Å². The van der Waals surface area contributed by atoms with Crippen LogP contribution in [0.25, 0.3) is 0 Å². The normalized spacial score (nSPS) is 10.7. The van der Waals surface area contributed by atoms with Gasteiger partial charge in [0.15, 0.2) is 5.78 Å². The summed E-state index contributed by atoms with van der Waals surface area (Å²) in [5.74, 6) is 0.159. The fourth-order valence-electron chi connectivity index (χ4n) is 1.13. The third-order valence-electron chi connectivity index (χ3n) is 1.80. The Kier molecular flexibility index (Phi) is 2.22. The molecule has 0 saturated heterocycles. The van der Waals surface area contributed by atoms with Crippen molar-refractivity contribution in [1.82, 2.24) is 4.57 Å². The van der Waals surface area contributed by atoms with Gasteiger partial charge in [0, 0.05) is 19.2 Å². The molecule has 0 bridgehead atoms. The summed E-state index contributed by atoms with van der Waals surface area (Å²) in [6.45, 7) is 3.76. The number of carbonyl (C=O) groups excluding carboxylic acids is 1. The van der Waals surface area contributed by atoms with Crippen LogP contribution in [0, 0.1) is 5.92 Å². The standard InChI is InChI=1S/C9H14N2O/c1-6(2)9(12)8-4-7(10)5-11(8)3/h4-6H,10H2,1-3H3. The molecule has 0 aliphatic heterocycles. The van der Waals surface area contributed by atoms with Gasteiger partial charge in [-0.25, -0.2) is 0 Å². The highest BCUT2D eigenvalue weighted by Gasteiger charge is 2.13. The second-order valence-electron chi connectivity index (χ2n) is 3.29. The molecule has 66 valence electrons. The van der Waals surface area contributed by atoms with E-state index in [1.807, 2.05) is 20.9 Å². The molecule has 2 N–H and O–H groups in total. The lowest BCUT2D eigenvalue weighted by molar-refractivity contribution is 0.0931. The lowest BCUT2D eigenvalue weighted by Crippen LogP contribution is -2.11. The molecule has 3 nitrogen and oxygen atoms in total. The third-order valence-corrected chi connectivity index (χ3v) is 1.80. The van der Waals surface area contributed by atoms with Gasteiger partial charge in [-0.05, 0) is 6.07 Å². The van der Waals surface area contributed by atoms with Gasteiger partial charge in [-0.15, -0.1) is 0 Å². The molecule has 0 aromatic carbocycles. The number of anilines is 1. The monoisotopic (exact) mass is 166 g/mol. The summed E-state index contributed by atoms with van der Waals surface area (Å²) < 4.78 is 1.76. The zero-order valence-electron chi connectivity index (χ0n) is 7.66. The highest BCUT2D eigenvalue weighted by atomic mass is 16.1. The van der Waals surface area contributed by atoms with E-state index >= 15 is 0 Å². The number of hydrogen-bond acceptors (Lipinski definition) is 2. The molecule has 3 heteroatoms. The fraction of sp³-hybridized carbons (Fsp3) is 0.444. The zero-order chi connectivity index (χ0) is 9.30. The molecule has 0 saturated carbocycles. The Morgan fingerprint density at radius 3 is 2.50 bits per heavy atom. The lowest BCUT2D eigenvalue weighted by atomic mass is 10.1. The van der Waals surface area contributed by atoms with Crippen LogP contribution in [0.3, 0.4) is 0 Å². The van der Waals surface area contributed by atoms with E-state index in [-0.39, 0.29) is 11.7 Å². The maximum absolute atomic E-state index is 11.5. The predicted octanol–water partition coefficient (Wildman–Crippen LogP) is 1.45. The fourth-order valence-corrected chi connectivity index (χ4v) is 1.13. The van der Waals surface area contributed by atoms with Crippen LogP contribution in [-0.4, -0.2) is 10.4 Å². The van der Waals surface area contributed by atoms with Crippen molar-refractivity contribution in [3.8, 4) is 0 Å². The van der Waals surface area contributed by atoms with Gasteiger partial charge >= 0.3 is 0 Å². The van der Waals surface area contributed by atoms with Gasteiger partial charge in [-0.3, -0.25) is 4.79 Å². The summed E-state index contributed by atoms with van der Waals surface area (Å²) >= 11 is 0. The van der Waals surface area contributed by atoms with Gasteiger partial charge in [-0.1, -0.05) is 13.8 Å². The molecular formula is C9H14N2O. The third kappa shape index (κ3) is 1.49. The minimum absolute atomic E-state index is 0.0259. The molecule has 0 radical (unpaired) electrons. The topological polar surface area (TPSA) is 48.0 Å². The molecular weight excluding hydrogens is 152 g/mol. The minimum Gasteiger partial charge on any atom is -0.397 e.